The summed E-state index contributed by atoms with van der Waals surface area (Å²) in [5.41, 5.74) is 0. The van der Waals surface area contributed by atoms with Gasteiger partial charge >= 0.3 is 5.97 Å². The second-order valence-electron chi connectivity index (χ2n) is 4.59. The number of rotatable bonds is 5. The number of carboxylic acids is 1. The number of carbonyl (C=O) groups is 1. The quantitative estimate of drug-likeness (QED) is 0.664. The lowest BCUT2D eigenvalue weighted by Crippen LogP contribution is -2.47. The van der Waals surface area contributed by atoms with Crippen LogP contribution < -0.4 is 5.32 Å². The average Bonchev–Trinajstić information content (AvgIpc) is 2.14. The molecule has 0 bridgehead atoms. The first-order valence-corrected chi connectivity index (χ1v) is 5.73. The molecule has 2 unspecified atom stereocenters. The van der Waals surface area contributed by atoms with Crippen LogP contribution in [0.3, 0.4) is 0 Å². The minimum Gasteiger partial charge on any atom is -0.481 e. The number of piperidine rings is 1. The van der Waals surface area contributed by atoms with Gasteiger partial charge in [0, 0.05) is 19.0 Å². The lowest BCUT2D eigenvalue weighted by Gasteiger charge is -2.35. The van der Waals surface area contributed by atoms with E-state index in [4.69, 9.17) is 5.11 Å². The van der Waals surface area contributed by atoms with Crippen molar-refractivity contribution < 1.29 is 9.90 Å². The van der Waals surface area contributed by atoms with Crippen molar-refractivity contribution in [3.63, 3.8) is 0 Å². The van der Waals surface area contributed by atoms with E-state index in [2.05, 4.69) is 24.2 Å². The third-order valence-corrected chi connectivity index (χ3v) is 3.08. The number of hydrogen-bond acceptors (Lipinski definition) is 3. The first-order valence-electron chi connectivity index (χ1n) is 5.73. The van der Waals surface area contributed by atoms with Crippen LogP contribution in [-0.2, 0) is 4.79 Å². The number of nitrogens with zero attached hydrogens (tertiary/aromatic N) is 1. The summed E-state index contributed by atoms with van der Waals surface area (Å²) in [5.74, 6) is -0.0400. The van der Waals surface area contributed by atoms with Crippen molar-refractivity contribution in [2.24, 2.45) is 5.92 Å². The van der Waals surface area contributed by atoms with Gasteiger partial charge in [-0.05, 0) is 38.9 Å². The van der Waals surface area contributed by atoms with E-state index in [0.29, 0.717) is 12.0 Å². The molecule has 0 radical (unpaired) electrons. The Kier molecular flexibility index (Phi) is 5.05. The van der Waals surface area contributed by atoms with Crippen LogP contribution >= 0.6 is 0 Å². The Morgan fingerprint density at radius 3 is 2.93 bits per heavy atom. The molecule has 0 saturated carbocycles. The van der Waals surface area contributed by atoms with Crippen molar-refractivity contribution in [3.8, 4) is 0 Å². The second-order valence-corrected chi connectivity index (χ2v) is 4.59. The Hall–Kier alpha value is -0.610. The maximum Gasteiger partial charge on any atom is 0.303 e. The SMILES string of the molecule is CC1CN(C)CCC1NCCCC(=O)O. The van der Waals surface area contributed by atoms with Gasteiger partial charge in [-0.2, -0.15) is 0 Å². The van der Waals surface area contributed by atoms with Crippen LogP contribution in [0.15, 0.2) is 0 Å². The fourth-order valence-electron chi connectivity index (χ4n) is 2.18. The number of hydrogen-bond donors (Lipinski definition) is 2. The highest BCUT2D eigenvalue weighted by Gasteiger charge is 2.23. The molecule has 1 fully saturated rings. The first kappa shape index (κ1) is 12.5. The number of nitrogens with one attached hydrogen (secondary N) is 1. The van der Waals surface area contributed by atoms with Crippen molar-refractivity contribution >= 4 is 5.97 Å². The molecule has 1 saturated heterocycles. The molecule has 1 aliphatic rings. The summed E-state index contributed by atoms with van der Waals surface area (Å²) in [5, 5.41) is 12.0. The summed E-state index contributed by atoms with van der Waals surface area (Å²) in [7, 11) is 2.15. The molecular weight excluding hydrogens is 192 g/mol. The van der Waals surface area contributed by atoms with Gasteiger partial charge in [0.25, 0.3) is 0 Å². The molecule has 0 aromatic carbocycles. The molecule has 1 heterocycles. The minimum absolute atomic E-state index is 0.272. The molecule has 0 aliphatic carbocycles. The van der Waals surface area contributed by atoms with Gasteiger partial charge in [-0.1, -0.05) is 6.92 Å². The van der Waals surface area contributed by atoms with Crippen molar-refractivity contribution in [2.75, 3.05) is 26.7 Å². The van der Waals surface area contributed by atoms with Crippen LogP contribution in [0.5, 0.6) is 0 Å². The largest absolute Gasteiger partial charge is 0.481 e. The third-order valence-electron chi connectivity index (χ3n) is 3.08. The molecule has 0 amide bonds. The highest BCUT2D eigenvalue weighted by Crippen LogP contribution is 2.15. The van der Waals surface area contributed by atoms with E-state index in [1.807, 2.05) is 0 Å². The normalized spacial score (nSPS) is 27.9. The Morgan fingerprint density at radius 2 is 2.33 bits per heavy atom. The van der Waals surface area contributed by atoms with Crippen LogP contribution in [-0.4, -0.2) is 48.7 Å². The third kappa shape index (κ3) is 4.62. The summed E-state index contributed by atoms with van der Waals surface area (Å²) >= 11 is 0. The van der Waals surface area contributed by atoms with Gasteiger partial charge in [0.15, 0.2) is 0 Å². The monoisotopic (exact) mass is 214 g/mol. The molecule has 1 aliphatic heterocycles. The second kappa shape index (κ2) is 6.08. The van der Waals surface area contributed by atoms with Gasteiger partial charge in [0.05, 0.1) is 0 Å². The maximum atomic E-state index is 10.3. The Labute approximate surface area is 91.6 Å². The first-order chi connectivity index (χ1) is 7.09. The van der Waals surface area contributed by atoms with Crippen LogP contribution in [0.2, 0.25) is 0 Å². The molecule has 0 aromatic rings. The van der Waals surface area contributed by atoms with Crippen LogP contribution in [0.4, 0.5) is 0 Å². The van der Waals surface area contributed by atoms with E-state index in [1.165, 1.54) is 6.42 Å². The molecular formula is C11H22N2O2. The molecule has 2 atom stereocenters. The molecule has 1 rings (SSSR count). The van der Waals surface area contributed by atoms with E-state index >= 15 is 0 Å². The molecule has 4 nitrogen and oxygen atoms in total. The Bertz CT molecular complexity index is 209. The van der Waals surface area contributed by atoms with E-state index in [1.54, 1.807) is 0 Å². The molecule has 0 spiro atoms. The van der Waals surface area contributed by atoms with E-state index in [9.17, 15) is 4.79 Å². The predicted molar refractivity (Wildman–Crippen MR) is 59.9 cm³/mol. The number of aliphatic carboxylic acids is 1. The lowest BCUT2D eigenvalue weighted by atomic mass is 9.94. The molecule has 15 heavy (non-hydrogen) atoms. The average molecular weight is 214 g/mol. The summed E-state index contributed by atoms with van der Waals surface area (Å²) in [6.07, 6.45) is 2.17. The smallest absolute Gasteiger partial charge is 0.303 e. The van der Waals surface area contributed by atoms with Crippen LogP contribution in [0.25, 0.3) is 0 Å². The minimum atomic E-state index is -0.701. The van der Waals surface area contributed by atoms with Crippen molar-refractivity contribution in [1.82, 2.24) is 10.2 Å². The maximum absolute atomic E-state index is 10.3. The van der Waals surface area contributed by atoms with Crippen molar-refractivity contribution in [2.45, 2.75) is 32.2 Å². The van der Waals surface area contributed by atoms with Gasteiger partial charge in [0.1, 0.15) is 0 Å². The Morgan fingerprint density at radius 1 is 1.60 bits per heavy atom. The van der Waals surface area contributed by atoms with Crippen LogP contribution in [0.1, 0.15) is 26.2 Å². The van der Waals surface area contributed by atoms with Crippen LogP contribution in [0, 0.1) is 5.92 Å². The highest BCUT2D eigenvalue weighted by atomic mass is 16.4. The van der Waals surface area contributed by atoms with Gasteiger partial charge < -0.3 is 15.3 Å². The predicted octanol–water partition coefficient (Wildman–Crippen LogP) is 0.781. The number of carboxylic acid groups (broad SMARTS) is 1. The van der Waals surface area contributed by atoms with Gasteiger partial charge in [-0.15, -0.1) is 0 Å². The van der Waals surface area contributed by atoms with Gasteiger partial charge in [0.2, 0.25) is 0 Å². The summed E-state index contributed by atoms with van der Waals surface area (Å²) < 4.78 is 0. The zero-order chi connectivity index (χ0) is 11.3. The van der Waals surface area contributed by atoms with E-state index < -0.39 is 5.97 Å². The summed E-state index contributed by atoms with van der Waals surface area (Å²) in [4.78, 5) is 12.7. The zero-order valence-corrected chi connectivity index (χ0v) is 9.70. The fraction of sp³-hybridized carbons (Fsp3) is 0.909. The summed E-state index contributed by atoms with van der Waals surface area (Å²) in [6, 6.07) is 0.565. The molecule has 4 heteroatoms. The van der Waals surface area contributed by atoms with Gasteiger partial charge in [-0.3, -0.25) is 4.79 Å². The summed E-state index contributed by atoms with van der Waals surface area (Å²) in [6.45, 7) is 5.35. The standard InChI is InChI=1S/C11H22N2O2/c1-9-8-13(2)7-5-10(9)12-6-3-4-11(14)15/h9-10,12H,3-8H2,1-2H3,(H,14,15). The van der Waals surface area contributed by atoms with Gasteiger partial charge in [-0.25, -0.2) is 0 Å². The molecule has 2 N–H and O–H groups in total. The van der Waals surface area contributed by atoms with E-state index in [-0.39, 0.29) is 6.42 Å². The zero-order valence-electron chi connectivity index (χ0n) is 9.70. The Balaban J connectivity index is 2.13. The number of likely N-dealkylation sites (tertiary alicyclic amines) is 1. The highest BCUT2D eigenvalue weighted by molar-refractivity contribution is 5.66. The van der Waals surface area contributed by atoms with E-state index in [0.717, 1.165) is 26.1 Å². The lowest BCUT2D eigenvalue weighted by molar-refractivity contribution is -0.137. The van der Waals surface area contributed by atoms with Crippen molar-refractivity contribution in [3.05, 3.63) is 0 Å². The fourth-order valence-corrected chi connectivity index (χ4v) is 2.18. The van der Waals surface area contributed by atoms with Crippen molar-refractivity contribution in [1.29, 1.82) is 0 Å². The topological polar surface area (TPSA) is 52.6 Å². The molecule has 0 aromatic heterocycles. The molecule has 88 valence electrons.